The zero-order chi connectivity index (χ0) is 17.1. The Balaban J connectivity index is 1.43. The smallest absolute Gasteiger partial charge is 0.151 e. The van der Waals surface area contributed by atoms with Gasteiger partial charge in [0.25, 0.3) is 0 Å². The van der Waals surface area contributed by atoms with E-state index in [1.807, 2.05) is 47.1 Å². The molecule has 1 fully saturated rings. The number of fused-ring (bicyclic) bond motifs is 1. The first-order valence-corrected chi connectivity index (χ1v) is 8.60. The van der Waals surface area contributed by atoms with Gasteiger partial charge >= 0.3 is 0 Å². The summed E-state index contributed by atoms with van der Waals surface area (Å²) in [4.78, 5) is 2.32. The van der Waals surface area contributed by atoms with Crippen LogP contribution in [-0.2, 0) is 6.54 Å². The Kier molecular flexibility index (Phi) is 4.32. The van der Waals surface area contributed by atoms with Crippen molar-refractivity contribution in [3.8, 4) is 6.07 Å². The fourth-order valence-electron chi connectivity index (χ4n) is 3.61. The fourth-order valence-corrected chi connectivity index (χ4v) is 3.61. The number of nitriles is 1. The first kappa shape index (κ1) is 15.6. The predicted molar refractivity (Wildman–Crippen MR) is 96.2 cm³/mol. The molecule has 0 spiro atoms. The third kappa shape index (κ3) is 3.06. The molecule has 1 saturated heterocycles. The molecule has 0 saturated carbocycles. The zero-order valence-electron chi connectivity index (χ0n) is 14.0. The van der Waals surface area contributed by atoms with Gasteiger partial charge in [-0.2, -0.15) is 10.4 Å². The lowest BCUT2D eigenvalue weighted by molar-refractivity contribution is 0.569. The molecule has 0 aliphatic carbocycles. The maximum absolute atomic E-state index is 9.49. The van der Waals surface area contributed by atoms with Crippen molar-refractivity contribution in [1.82, 2.24) is 19.9 Å². The molecule has 0 bridgehead atoms. The van der Waals surface area contributed by atoms with Crippen LogP contribution in [0.2, 0.25) is 0 Å². The first-order chi connectivity index (χ1) is 12.4. The zero-order valence-corrected chi connectivity index (χ0v) is 14.0. The van der Waals surface area contributed by atoms with Crippen molar-refractivity contribution in [2.45, 2.75) is 25.4 Å². The van der Waals surface area contributed by atoms with Gasteiger partial charge in [0.15, 0.2) is 5.82 Å². The molecular weight excluding hydrogens is 312 g/mol. The quantitative estimate of drug-likeness (QED) is 0.777. The molecule has 1 N–H and O–H groups in total. The molecular formula is C19H20N6. The summed E-state index contributed by atoms with van der Waals surface area (Å²) in [5.41, 5.74) is 2.76. The number of anilines is 1. The number of aromatic nitrogens is 3. The second-order valence-electron chi connectivity index (χ2n) is 6.34. The third-order valence-corrected chi connectivity index (χ3v) is 4.80. The summed E-state index contributed by atoms with van der Waals surface area (Å²) in [6.45, 7) is 2.58. The van der Waals surface area contributed by atoms with E-state index in [0.29, 0.717) is 12.6 Å². The van der Waals surface area contributed by atoms with Crippen LogP contribution in [0.4, 0.5) is 5.82 Å². The van der Waals surface area contributed by atoms with E-state index in [9.17, 15) is 5.26 Å². The number of hydrogen-bond acceptors (Lipinski definition) is 5. The van der Waals surface area contributed by atoms with E-state index in [4.69, 9.17) is 0 Å². The van der Waals surface area contributed by atoms with Crippen LogP contribution in [0.25, 0.3) is 5.52 Å². The van der Waals surface area contributed by atoms with Gasteiger partial charge in [-0.15, -0.1) is 5.10 Å². The molecule has 3 aromatic rings. The molecule has 0 amide bonds. The van der Waals surface area contributed by atoms with Crippen molar-refractivity contribution in [3.63, 3.8) is 0 Å². The van der Waals surface area contributed by atoms with Crippen molar-refractivity contribution in [1.29, 1.82) is 5.26 Å². The average Bonchev–Trinajstić information content (AvgIpc) is 3.26. The highest BCUT2D eigenvalue weighted by molar-refractivity contribution is 5.65. The van der Waals surface area contributed by atoms with Gasteiger partial charge in [-0.05, 0) is 37.1 Å². The van der Waals surface area contributed by atoms with Crippen molar-refractivity contribution < 1.29 is 0 Å². The molecule has 1 atom stereocenters. The van der Waals surface area contributed by atoms with Crippen LogP contribution in [0.5, 0.6) is 0 Å². The van der Waals surface area contributed by atoms with E-state index in [0.717, 1.165) is 42.0 Å². The van der Waals surface area contributed by atoms with Gasteiger partial charge in [-0.1, -0.05) is 6.07 Å². The number of pyridine rings is 1. The third-order valence-electron chi connectivity index (χ3n) is 4.80. The van der Waals surface area contributed by atoms with Gasteiger partial charge in [-0.3, -0.25) is 0 Å². The Morgan fingerprint density at radius 2 is 2.24 bits per heavy atom. The first-order valence-electron chi connectivity index (χ1n) is 8.60. The molecule has 4 rings (SSSR count). The summed E-state index contributed by atoms with van der Waals surface area (Å²) in [5.74, 6) is 0.944. The molecule has 4 heterocycles. The minimum absolute atomic E-state index is 0.416. The molecule has 1 aliphatic rings. The Morgan fingerprint density at radius 3 is 3.08 bits per heavy atom. The van der Waals surface area contributed by atoms with Gasteiger partial charge in [0.05, 0.1) is 11.1 Å². The van der Waals surface area contributed by atoms with E-state index in [-0.39, 0.29) is 0 Å². The van der Waals surface area contributed by atoms with Crippen LogP contribution in [0.15, 0.2) is 48.9 Å². The van der Waals surface area contributed by atoms with Crippen molar-refractivity contribution >= 4 is 11.3 Å². The van der Waals surface area contributed by atoms with Crippen molar-refractivity contribution in [2.75, 3.05) is 18.0 Å². The molecule has 0 unspecified atom stereocenters. The van der Waals surface area contributed by atoms with E-state index < -0.39 is 0 Å². The number of rotatable bonds is 5. The van der Waals surface area contributed by atoms with Gasteiger partial charge in [-0.25, -0.2) is 0 Å². The van der Waals surface area contributed by atoms with Gasteiger partial charge in [0.1, 0.15) is 6.07 Å². The maximum atomic E-state index is 9.49. The Bertz CT molecular complexity index is 895. The standard InChI is InChI=1S/C19H20N6/c20-11-17-15(14-24-9-2-1-6-18(17)24)12-21-13-16-5-4-10-25(16)19-7-3-8-22-23-19/h1-3,6-9,14,16,21H,4-5,10,12-13H2/t16-/m1/s1. The monoisotopic (exact) mass is 332 g/mol. The van der Waals surface area contributed by atoms with Crippen LogP contribution in [0, 0.1) is 11.3 Å². The van der Waals surface area contributed by atoms with Crippen LogP contribution < -0.4 is 10.2 Å². The molecule has 0 aromatic carbocycles. The second kappa shape index (κ2) is 6.91. The molecule has 1 aliphatic heterocycles. The summed E-state index contributed by atoms with van der Waals surface area (Å²) >= 11 is 0. The number of nitrogens with one attached hydrogen (secondary N) is 1. The summed E-state index contributed by atoms with van der Waals surface area (Å²) in [6.07, 6.45) is 8.03. The molecule has 6 heteroatoms. The van der Waals surface area contributed by atoms with Crippen LogP contribution >= 0.6 is 0 Å². The Morgan fingerprint density at radius 1 is 1.28 bits per heavy atom. The topological polar surface area (TPSA) is 69.2 Å². The lowest BCUT2D eigenvalue weighted by Crippen LogP contribution is -2.38. The lowest BCUT2D eigenvalue weighted by atomic mass is 10.1. The summed E-state index contributed by atoms with van der Waals surface area (Å²) in [5, 5.41) is 21.2. The van der Waals surface area contributed by atoms with E-state index >= 15 is 0 Å². The second-order valence-corrected chi connectivity index (χ2v) is 6.34. The maximum Gasteiger partial charge on any atom is 0.151 e. The van der Waals surface area contributed by atoms with E-state index in [2.05, 4.69) is 26.5 Å². The molecule has 0 radical (unpaired) electrons. The highest BCUT2D eigenvalue weighted by Crippen LogP contribution is 2.23. The highest BCUT2D eigenvalue weighted by Gasteiger charge is 2.25. The average molecular weight is 332 g/mol. The minimum Gasteiger partial charge on any atom is -0.351 e. The van der Waals surface area contributed by atoms with Crippen LogP contribution in [0.1, 0.15) is 24.0 Å². The van der Waals surface area contributed by atoms with Crippen molar-refractivity contribution in [3.05, 3.63) is 60.0 Å². The van der Waals surface area contributed by atoms with Crippen LogP contribution in [-0.4, -0.2) is 33.7 Å². The number of nitrogens with zero attached hydrogens (tertiary/aromatic N) is 5. The molecule has 3 aromatic heterocycles. The fraction of sp³-hybridized carbons (Fsp3) is 0.316. The predicted octanol–water partition coefficient (Wildman–Crippen LogP) is 2.36. The molecule has 6 nitrogen and oxygen atoms in total. The normalized spacial score (nSPS) is 17.1. The molecule has 126 valence electrons. The van der Waals surface area contributed by atoms with Crippen molar-refractivity contribution in [2.24, 2.45) is 0 Å². The largest absolute Gasteiger partial charge is 0.351 e. The van der Waals surface area contributed by atoms with Gasteiger partial charge < -0.3 is 14.6 Å². The SMILES string of the molecule is N#Cc1c(CNC[C@H]2CCCN2c2cccnn2)cn2ccccc12. The minimum atomic E-state index is 0.416. The lowest BCUT2D eigenvalue weighted by Gasteiger charge is -2.25. The number of hydrogen-bond donors (Lipinski definition) is 1. The van der Waals surface area contributed by atoms with Crippen LogP contribution in [0.3, 0.4) is 0 Å². The molecule has 25 heavy (non-hydrogen) atoms. The Labute approximate surface area is 146 Å². The van der Waals surface area contributed by atoms with E-state index in [1.165, 1.54) is 6.42 Å². The highest BCUT2D eigenvalue weighted by atomic mass is 15.3. The Hall–Kier alpha value is -2.91. The van der Waals surface area contributed by atoms with E-state index in [1.54, 1.807) is 6.20 Å². The summed E-state index contributed by atoms with van der Waals surface area (Å²) in [7, 11) is 0. The van der Waals surface area contributed by atoms with Gasteiger partial charge in [0, 0.05) is 49.8 Å². The van der Waals surface area contributed by atoms with Gasteiger partial charge in [0.2, 0.25) is 0 Å². The summed E-state index contributed by atoms with van der Waals surface area (Å²) in [6, 6.07) is 12.6. The summed E-state index contributed by atoms with van der Waals surface area (Å²) < 4.78 is 2.01.